The van der Waals surface area contributed by atoms with Crippen molar-refractivity contribution in [2.75, 3.05) is 11.5 Å². The van der Waals surface area contributed by atoms with Gasteiger partial charge in [-0.25, -0.2) is 0 Å². The molecular weight excluding hydrogens is 276 g/mol. The Labute approximate surface area is 132 Å². The molecule has 2 nitrogen and oxygen atoms in total. The van der Waals surface area contributed by atoms with E-state index >= 15 is 0 Å². The fraction of sp³-hybridized carbons (Fsp3) is 0.389. The Kier molecular flexibility index (Phi) is 6.77. The molecule has 1 heterocycles. The molecule has 2 rings (SSSR count). The van der Waals surface area contributed by atoms with Gasteiger partial charge in [-0.05, 0) is 48.1 Å². The lowest BCUT2D eigenvalue weighted by Gasteiger charge is -2.24. The highest BCUT2D eigenvalue weighted by atomic mass is 32.2. The highest BCUT2D eigenvalue weighted by Gasteiger charge is 2.16. The molecule has 0 fully saturated rings. The molecule has 0 aliphatic carbocycles. The Morgan fingerprint density at radius 2 is 1.71 bits per heavy atom. The number of hydrogen-bond donors (Lipinski definition) is 1. The van der Waals surface area contributed by atoms with Gasteiger partial charge >= 0.3 is 0 Å². The van der Waals surface area contributed by atoms with Crippen LogP contribution in [0.4, 0.5) is 0 Å². The maximum Gasteiger partial charge on any atom is 0.0579 e. The van der Waals surface area contributed by atoms with Gasteiger partial charge in [-0.2, -0.15) is 11.8 Å². The molecule has 2 atom stereocenters. The van der Waals surface area contributed by atoms with Gasteiger partial charge < -0.3 is 5.32 Å². The first-order chi connectivity index (χ1) is 10.3. The molecule has 1 aromatic carbocycles. The number of hydrogen-bond acceptors (Lipinski definition) is 3. The van der Waals surface area contributed by atoms with Crippen LogP contribution in [0.1, 0.15) is 37.4 Å². The molecule has 3 heteroatoms. The van der Waals surface area contributed by atoms with Gasteiger partial charge in [-0.3, -0.25) is 4.98 Å². The first kappa shape index (κ1) is 16.1. The molecule has 1 N–H and O–H groups in total. The fourth-order valence-corrected chi connectivity index (χ4v) is 3.17. The summed E-state index contributed by atoms with van der Waals surface area (Å²) in [6.45, 7) is 4.49. The maximum absolute atomic E-state index is 4.13. The van der Waals surface area contributed by atoms with Gasteiger partial charge in [0.15, 0.2) is 0 Å². The summed E-state index contributed by atoms with van der Waals surface area (Å²) in [7, 11) is 0. The van der Waals surface area contributed by atoms with Crippen molar-refractivity contribution in [3.05, 3.63) is 66.0 Å². The van der Waals surface area contributed by atoms with Crippen LogP contribution in [0.5, 0.6) is 0 Å². The van der Waals surface area contributed by atoms with Gasteiger partial charge in [0.05, 0.1) is 6.04 Å². The summed E-state index contributed by atoms with van der Waals surface area (Å²) in [6, 6.07) is 15.5. The van der Waals surface area contributed by atoms with Gasteiger partial charge in [-0.15, -0.1) is 0 Å². The summed E-state index contributed by atoms with van der Waals surface area (Å²) in [6.07, 6.45) is 4.92. The predicted octanol–water partition coefficient (Wildman–Crippen LogP) is 4.29. The quantitative estimate of drug-likeness (QED) is 0.736. The molecule has 0 saturated carbocycles. The van der Waals surface area contributed by atoms with E-state index in [4.69, 9.17) is 0 Å². The SMILES string of the molecule is CCSCCC(C)NC(c1ccccc1)c1ccncc1. The third-order valence-electron chi connectivity index (χ3n) is 3.52. The second kappa shape index (κ2) is 8.85. The number of benzene rings is 1. The average Bonchev–Trinajstić information content (AvgIpc) is 2.54. The van der Waals surface area contributed by atoms with Crippen LogP contribution in [-0.4, -0.2) is 22.5 Å². The largest absolute Gasteiger partial charge is 0.304 e. The average molecular weight is 300 g/mol. The van der Waals surface area contributed by atoms with Gasteiger partial charge in [0.25, 0.3) is 0 Å². The summed E-state index contributed by atoms with van der Waals surface area (Å²) in [4.78, 5) is 4.13. The van der Waals surface area contributed by atoms with Crippen molar-refractivity contribution in [2.24, 2.45) is 0 Å². The Bertz CT molecular complexity index is 462. The normalized spacial score (nSPS) is 13.8. The Balaban J connectivity index is 2.10. The molecule has 0 saturated heterocycles. The first-order valence-electron chi connectivity index (χ1n) is 7.60. The molecule has 112 valence electrons. The van der Waals surface area contributed by atoms with E-state index in [2.05, 4.69) is 66.6 Å². The maximum atomic E-state index is 4.13. The first-order valence-corrected chi connectivity index (χ1v) is 8.75. The summed E-state index contributed by atoms with van der Waals surface area (Å²) in [5.74, 6) is 2.40. The van der Waals surface area contributed by atoms with E-state index in [0.29, 0.717) is 6.04 Å². The lowest BCUT2D eigenvalue weighted by molar-refractivity contribution is 0.490. The topological polar surface area (TPSA) is 24.9 Å². The summed E-state index contributed by atoms with van der Waals surface area (Å²) in [5, 5.41) is 3.77. The van der Waals surface area contributed by atoms with Gasteiger partial charge in [0.1, 0.15) is 0 Å². The molecule has 1 aromatic heterocycles. The van der Waals surface area contributed by atoms with Gasteiger partial charge in [-0.1, -0.05) is 37.3 Å². The second-order valence-corrected chi connectivity index (χ2v) is 6.57. The van der Waals surface area contributed by atoms with Crippen molar-refractivity contribution >= 4 is 11.8 Å². The lowest BCUT2D eigenvalue weighted by atomic mass is 9.98. The second-order valence-electron chi connectivity index (χ2n) is 5.18. The van der Waals surface area contributed by atoms with E-state index in [1.165, 1.54) is 29.1 Å². The third-order valence-corrected chi connectivity index (χ3v) is 4.46. The molecule has 0 amide bonds. The standard InChI is InChI=1S/C18H24N2S/c1-3-21-14-11-15(2)20-18(16-7-5-4-6-8-16)17-9-12-19-13-10-17/h4-10,12-13,15,18,20H,3,11,14H2,1-2H3. The minimum absolute atomic E-state index is 0.232. The molecule has 2 aromatic rings. The molecule has 0 spiro atoms. The number of pyridine rings is 1. The summed E-state index contributed by atoms with van der Waals surface area (Å²) < 4.78 is 0. The van der Waals surface area contributed by atoms with E-state index < -0.39 is 0 Å². The number of aromatic nitrogens is 1. The molecule has 0 radical (unpaired) electrons. The van der Waals surface area contributed by atoms with Crippen molar-refractivity contribution in [3.63, 3.8) is 0 Å². The Morgan fingerprint density at radius 3 is 2.38 bits per heavy atom. The zero-order valence-corrected chi connectivity index (χ0v) is 13.6. The molecule has 0 bridgehead atoms. The number of nitrogens with zero attached hydrogens (tertiary/aromatic N) is 1. The van der Waals surface area contributed by atoms with Gasteiger partial charge in [0.2, 0.25) is 0 Å². The Hall–Kier alpha value is -1.32. The van der Waals surface area contributed by atoms with Crippen molar-refractivity contribution < 1.29 is 0 Å². The van der Waals surface area contributed by atoms with E-state index in [-0.39, 0.29) is 6.04 Å². The van der Waals surface area contributed by atoms with Crippen LogP contribution < -0.4 is 5.32 Å². The van der Waals surface area contributed by atoms with Crippen LogP contribution in [0, 0.1) is 0 Å². The van der Waals surface area contributed by atoms with Crippen LogP contribution in [0.3, 0.4) is 0 Å². The fourth-order valence-electron chi connectivity index (χ4n) is 2.36. The van der Waals surface area contributed by atoms with E-state index in [1.807, 2.05) is 24.2 Å². The Morgan fingerprint density at radius 1 is 1.05 bits per heavy atom. The van der Waals surface area contributed by atoms with E-state index in [0.717, 1.165) is 0 Å². The van der Waals surface area contributed by atoms with Crippen molar-refractivity contribution in [1.29, 1.82) is 0 Å². The minimum Gasteiger partial charge on any atom is -0.304 e. The van der Waals surface area contributed by atoms with Gasteiger partial charge in [0, 0.05) is 18.4 Å². The van der Waals surface area contributed by atoms with Crippen LogP contribution in [0.15, 0.2) is 54.9 Å². The summed E-state index contributed by atoms with van der Waals surface area (Å²) >= 11 is 2.01. The lowest BCUT2D eigenvalue weighted by Crippen LogP contribution is -2.31. The highest BCUT2D eigenvalue weighted by Crippen LogP contribution is 2.22. The number of thioether (sulfide) groups is 1. The van der Waals surface area contributed by atoms with Crippen LogP contribution in [-0.2, 0) is 0 Å². The molecule has 0 aliphatic heterocycles. The van der Waals surface area contributed by atoms with Crippen LogP contribution in [0.25, 0.3) is 0 Å². The molecule has 2 unspecified atom stereocenters. The zero-order chi connectivity index (χ0) is 14.9. The minimum atomic E-state index is 0.232. The smallest absolute Gasteiger partial charge is 0.0579 e. The van der Waals surface area contributed by atoms with Crippen molar-refractivity contribution in [1.82, 2.24) is 10.3 Å². The number of rotatable bonds is 8. The monoisotopic (exact) mass is 300 g/mol. The zero-order valence-electron chi connectivity index (χ0n) is 12.8. The van der Waals surface area contributed by atoms with Crippen molar-refractivity contribution in [2.45, 2.75) is 32.4 Å². The molecule has 0 aliphatic rings. The third kappa shape index (κ3) is 5.18. The summed E-state index contributed by atoms with van der Waals surface area (Å²) in [5.41, 5.74) is 2.57. The molecule has 21 heavy (non-hydrogen) atoms. The predicted molar refractivity (Wildman–Crippen MR) is 92.7 cm³/mol. The van der Waals surface area contributed by atoms with Crippen LogP contribution in [0.2, 0.25) is 0 Å². The number of nitrogens with one attached hydrogen (secondary N) is 1. The van der Waals surface area contributed by atoms with Crippen molar-refractivity contribution in [3.8, 4) is 0 Å². The van der Waals surface area contributed by atoms with Crippen LogP contribution >= 0.6 is 11.8 Å². The van der Waals surface area contributed by atoms with E-state index in [1.54, 1.807) is 0 Å². The molecular formula is C18H24N2S. The van der Waals surface area contributed by atoms with E-state index in [9.17, 15) is 0 Å². The highest BCUT2D eigenvalue weighted by molar-refractivity contribution is 7.99.